The van der Waals surface area contributed by atoms with Gasteiger partial charge in [-0.15, -0.1) is 0 Å². The summed E-state index contributed by atoms with van der Waals surface area (Å²) in [4.78, 5) is 3.79. The quantitative estimate of drug-likeness (QED) is 0.905. The lowest BCUT2D eigenvalue weighted by Crippen LogP contribution is -2.42. The topological polar surface area (TPSA) is 62.0 Å². The predicted molar refractivity (Wildman–Crippen MR) is 89.6 cm³/mol. The molecule has 120 valence electrons. The minimum Gasteiger partial charge on any atom is -0.358 e. The van der Waals surface area contributed by atoms with Crippen LogP contribution in [0.1, 0.15) is 51.3 Å². The summed E-state index contributed by atoms with van der Waals surface area (Å²) in [7, 11) is -3.49. The first kappa shape index (κ1) is 15.6. The molecule has 3 rings (SSSR count). The number of benzene rings is 1. The van der Waals surface area contributed by atoms with Gasteiger partial charge in [-0.25, -0.2) is 13.1 Å². The third kappa shape index (κ3) is 2.79. The lowest BCUT2D eigenvalue weighted by molar-refractivity contribution is 0.439. The van der Waals surface area contributed by atoms with Crippen LogP contribution >= 0.6 is 0 Å². The largest absolute Gasteiger partial charge is 0.358 e. The number of aryl methyl sites for hydroxylation is 2. The van der Waals surface area contributed by atoms with Gasteiger partial charge >= 0.3 is 0 Å². The Morgan fingerprint density at radius 3 is 2.68 bits per heavy atom. The van der Waals surface area contributed by atoms with Gasteiger partial charge in [-0.1, -0.05) is 6.92 Å². The number of fused-ring (bicyclic) bond motifs is 3. The summed E-state index contributed by atoms with van der Waals surface area (Å²) < 4.78 is 28.0. The second-order valence-corrected chi connectivity index (χ2v) is 8.52. The molecule has 1 heterocycles. The number of rotatable bonds is 4. The number of H-pyrrole nitrogens is 1. The van der Waals surface area contributed by atoms with E-state index in [1.165, 1.54) is 24.1 Å². The zero-order valence-electron chi connectivity index (χ0n) is 13.5. The molecule has 0 saturated carbocycles. The molecule has 0 saturated heterocycles. The number of sulfonamides is 1. The number of nitrogens with one attached hydrogen (secondary N) is 2. The standard InChI is InChI=1S/C17H24N2O2S/c1-4-17(2,3)19-22(20,21)12-9-10-16-14(11-12)13-7-5-6-8-15(13)18-16/h9-11,18-19H,4-8H2,1-3H3. The summed E-state index contributed by atoms with van der Waals surface area (Å²) in [6.07, 6.45) is 5.23. The van der Waals surface area contributed by atoms with Crippen molar-refractivity contribution in [3.05, 3.63) is 29.5 Å². The van der Waals surface area contributed by atoms with Crippen molar-refractivity contribution in [1.82, 2.24) is 9.71 Å². The number of hydrogen-bond donors (Lipinski definition) is 2. The van der Waals surface area contributed by atoms with E-state index in [0.29, 0.717) is 4.90 Å². The Morgan fingerprint density at radius 1 is 1.23 bits per heavy atom. The first-order chi connectivity index (χ1) is 10.3. The van der Waals surface area contributed by atoms with E-state index < -0.39 is 15.6 Å². The van der Waals surface area contributed by atoms with Crippen molar-refractivity contribution in [3.63, 3.8) is 0 Å². The van der Waals surface area contributed by atoms with Gasteiger partial charge in [0.25, 0.3) is 0 Å². The molecular formula is C17H24N2O2S. The fraction of sp³-hybridized carbons (Fsp3) is 0.529. The molecule has 22 heavy (non-hydrogen) atoms. The Balaban J connectivity index is 2.05. The molecule has 4 nitrogen and oxygen atoms in total. The van der Waals surface area contributed by atoms with Crippen molar-refractivity contribution in [2.45, 2.75) is 63.3 Å². The first-order valence-corrected chi connectivity index (χ1v) is 9.48. The highest BCUT2D eigenvalue weighted by Gasteiger charge is 2.25. The average Bonchev–Trinajstić information content (AvgIpc) is 2.84. The molecule has 1 aliphatic carbocycles. The molecule has 0 atom stereocenters. The van der Waals surface area contributed by atoms with Crippen LogP contribution in [0.4, 0.5) is 0 Å². The number of aromatic amines is 1. The minimum absolute atomic E-state index is 0.355. The molecule has 0 bridgehead atoms. The maximum Gasteiger partial charge on any atom is 0.241 e. The molecule has 1 aliphatic rings. The van der Waals surface area contributed by atoms with Gasteiger partial charge in [0.1, 0.15) is 0 Å². The third-order valence-electron chi connectivity index (χ3n) is 4.67. The Morgan fingerprint density at radius 2 is 1.95 bits per heavy atom. The van der Waals surface area contributed by atoms with Gasteiger partial charge in [-0.3, -0.25) is 0 Å². The molecular weight excluding hydrogens is 296 g/mol. The lowest BCUT2D eigenvalue weighted by atomic mass is 9.96. The van der Waals surface area contributed by atoms with Crippen molar-refractivity contribution < 1.29 is 8.42 Å². The van der Waals surface area contributed by atoms with E-state index in [1.807, 2.05) is 32.9 Å². The zero-order valence-corrected chi connectivity index (χ0v) is 14.3. The van der Waals surface area contributed by atoms with Crippen molar-refractivity contribution in [3.8, 4) is 0 Å². The highest BCUT2D eigenvalue weighted by atomic mass is 32.2. The molecule has 1 aromatic carbocycles. The fourth-order valence-corrected chi connectivity index (χ4v) is 4.56. The van der Waals surface area contributed by atoms with Gasteiger partial charge in [0, 0.05) is 22.1 Å². The van der Waals surface area contributed by atoms with Crippen LogP contribution in [0, 0.1) is 0 Å². The van der Waals surface area contributed by atoms with E-state index in [2.05, 4.69) is 9.71 Å². The van der Waals surface area contributed by atoms with E-state index >= 15 is 0 Å². The number of hydrogen-bond acceptors (Lipinski definition) is 2. The molecule has 5 heteroatoms. The van der Waals surface area contributed by atoms with Crippen LogP contribution in [0.5, 0.6) is 0 Å². The van der Waals surface area contributed by atoms with E-state index in [9.17, 15) is 8.42 Å². The van der Waals surface area contributed by atoms with Gasteiger partial charge in [-0.05, 0) is 69.7 Å². The third-order valence-corrected chi connectivity index (χ3v) is 6.37. The SMILES string of the molecule is CCC(C)(C)NS(=O)(=O)c1ccc2[nH]c3c(c2c1)CCCC3. The molecule has 0 fully saturated rings. The molecule has 0 amide bonds. The molecule has 1 aromatic heterocycles. The highest BCUT2D eigenvalue weighted by molar-refractivity contribution is 7.89. The predicted octanol–water partition coefficient (Wildman–Crippen LogP) is 3.51. The van der Waals surface area contributed by atoms with Gasteiger partial charge < -0.3 is 4.98 Å². The summed E-state index contributed by atoms with van der Waals surface area (Å²) in [5.74, 6) is 0. The second kappa shape index (κ2) is 5.39. The maximum atomic E-state index is 12.6. The molecule has 0 spiro atoms. The maximum absolute atomic E-state index is 12.6. The summed E-state index contributed by atoms with van der Waals surface area (Å²) >= 11 is 0. The Kier molecular flexibility index (Phi) is 3.81. The first-order valence-electron chi connectivity index (χ1n) is 8.00. The minimum atomic E-state index is -3.49. The summed E-state index contributed by atoms with van der Waals surface area (Å²) in [5.41, 5.74) is 3.18. The van der Waals surface area contributed by atoms with E-state index in [0.717, 1.165) is 30.2 Å². The number of aromatic nitrogens is 1. The van der Waals surface area contributed by atoms with Crippen LogP contribution < -0.4 is 4.72 Å². The van der Waals surface area contributed by atoms with Crippen LogP contribution in [0.3, 0.4) is 0 Å². The fourth-order valence-electron chi connectivity index (χ4n) is 3.05. The van der Waals surface area contributed by atoms with Crippen molar-refractivity contribution in [2.75, 3.05) is 0 Å². The van der Waals surface area contributed by atoms with E-state index in [4.69, 9.17) is 0 Å². The van der Waals surface area contributed by atoms with Gasteiger partial charge in [0.15, 0.2) is 0 Å². The molecule has 0 unspecified atom stereocenters. The monoisotopic (exact) mass is 320 g/mol. The molecule has 0 aliphatic heterocycles. The van der Waals surface area contributed by atoms with Crippen LogP contribution in [-0.4, -0.2) is 18.9 Å². The molecule has 2 N–H and O–H groups in total. The van der Waals surface area contributed by atoms with Crippen LogP contribution in [-0.2, 0) is 22.9 Å². The lowest BCUT2D eigenvalue weighted by Gasteiger charge is -2.24. The highest BCUT2D eigenvalue weighted by Crippen LogP contribution is 2.30. The van der Waals surface area contributed by atoms with Gasteiger partial charge in [-0.2, -0.15) is 0 Å². The van der Waals surface area contributed by atoms with Crippen LogP contribution in [0.15, 0.2) is 23.1 Å². The Hall–Kier alpha value is -1.33. The Bertz CT molecular complexity index is 803. The summed E-state index contributed by atoms with van der Waals surface area (Å²) in [6.45, 7) is 5.79. The van der Waals surface area contributed by atoms with Crippen molar-refractivity contribution in [2.24, 2.45) is 0 Å². The summed E-state index contributed by atoms with van der Waals surface area (Å²) in [5, 5.41) is 1.06. The Labute approximate surface area is 132 Å². The van der Waals surface area contributed by atoms with E-state index in [1.54, 1.807) is 6.07 Å². The van der Waals surface area contributed by atoms with Gasteiger partial charge in [0.05, 0.1) is 4.90 Å². The average molecular weight is 320 g/mol. The normalized spacial score (nSPS) is 16.0. The smallest absolute Gasteiger partial charge is 0.241 e. The molecule has 0 radical (unpaired) electrons. The summed E-state index contributed by atoms with van der Waals surface area (Å²) in [6, 6.07) is 5.41. The van der Waals surface area contributed by atoms with E-state index in [-0.39, 0.29) is 0 Å². The zero-order chi connectivity index (χ0) is 16.0. The second-order valence-electron chi connectivity index (χ2n) is 6.84. The van der Waals surface area contributed by atoms with Crippen LogP contribution in [0.2, 0.25) is 0 Å². The van der Waals surface area contributed by atoms with Crippen molar-refractivity contribution in [1.29, 1.82) is 0 Å². The van der Waals surface area contributed by atoms with Gasteiger partial charge in [0.2, 0.25) is 10.0 Å². The van der Waals surface area contributed by atoms with Crippen LogP contribution in [0.25, 0.3) is 10.9 Å². The van der Waals surface area contributed by atoms with Crippen molar-refractivity contribution >= 4 is 20.9 Å². The molecule has 2 aromatic rings.